The lowest BCUT2D eigenvalue weighted by molar-refractivity contribution is 0.297. The van der Waals surface area contributed by atoms with Crippen molar-refractivity contribution in [2.24, 2.45) is 0 Å². The molecule has 0 aliphatic rings. The van der Waals surface area contributed by atoms with E-state index in [-0.39, 0.29) is 11.4 Å². The molecule has 0 unspecified atom stereocenters. The molecule has 0 aliphatic heterocycles. The highest BCUT2D eigenvalue weighted by atomic mass is 16.5. The van der Waals surface area contributed by atoms with Gasteiger partial charge in [0.25, 0.3) is 0 Å². The van der Waals surface area contributed by atoms with Crippen LogP contribution in [-0.4, -0.2) is 14.9 Å². The minimum absolute atomic E-state index is 0.0325. The zero-order valence-electron chi connectivity index (χ0n) is 11.9. The maximum Gasteiger partial charge on any atom is 0.146 e. The van der Waals surface area contributed by atoms with E-state index in [1.54, 1.807) is 12.1 Å². The Labute approximate surface area is 119 Å². The van der Waals surface area contributed by atoms with Crippen molar-refractivity contribution in [1.29, 1.82) is 0 Å². The fourth-order valence-corrected chi connectivity index (χ4v) is 2.13. The van der Waals surface area contributed by atoms with Crippen molar-refractivity contribution in [1.82, 2.24) is 9.78 Å². The number of hydrogen-bond donors (Lipinski definition) is 2. The molecule has 0 bridgehead atoms. The highest BCUT2D eigenvalue weighted by Crippen LogP contribution is 2.30. The summed E-state index contributed by atoms with van der Waals surface area (Å²) in [7, 11) is 0. The average Bonchev–Trinajstić information content (AvgIpc) is 2.91. The number of para-hydroxylation sites is 1. The Kier molecular flexibility index (Phi) is 4.50. The first-order valence-corrected chi connectivity index (χ1v) is 6.90. The molecule has 0 radical (unpaired) electrons. The first kappa shape index (κ1) is 14.2. The van der Waals surface area contributed by atoms with Crippen molar-refractivity contribution in [3.05, 3.63) is 36.2 Å². The minimum Gasteiger partial charge on any atom is -0.506 e. The molecule has 5 nitrogen and oxygen atoms in total. The summed E-state index contributed by atoms with van der Waals surface area (Å²) in [6.45, 7) is 4.64. The van der Waals surface area contributed by atoms with Crippen LogP contribution in [0.15, 0.2) is 30.5 Å². The molecule has 3 N–H and O–H groups in total. The van der Waals surface area contributed by atoms with E-state index >= 15 is 0 Å². The van der Waals surface area contributed by atoms with Crippen LogP contribution in [0, 0.1) is 0 Å². The van der Waals surface area contributed by atoms with Gasteiger partial charge in [-0.2, -0.15) is 5.10 Å². The first-order valence-electron chi connectivity index (χ1n) is 6.90. The number of nitrogens with two attached hydrogens (primary N) is 1. The summed E-state index contributed by atoms with van der Waals surface area (Å²) in [4.78, 5) is 0. The van der Waals surface area contributed by atoms with E-state index in [0.717, 1.165) is 18.5 Å². The highest BCUT2D eigenvalue weighted by Gasteiger charge is 2.09. The van der Waals surface area contributed by atoms with E-state index in [2.05, 4.69) is 18.9 Å². The predicted octanol–water partition coefficient (Wildman–Crippen LogP) is 3.11. The normalized spacial score (nSPS) is 10.9. The quantitative estimate of drug-likeness (QED) is 0.627. The van der Waals surface area contributed by atoms with Gasteiger partial charge in [0.15, 0.2) is 0 Å². The molecule has 1 aromatic heterocycles. The van der Waals surface area contributed by atoms with E-state index in [1.807, 2.05) is 16.9 Å². The van der Waals surface area contributed by atoms with E-state index in [0.29, 0.717) is 18.4 Å². The zero-order chi connectivity index (χ0) is 14.5. The minimum atomic E-state index is 0.0325. The van der Waals surface area contributed by atoms with Gasteiger partial charge in [-0.25, -0.2) is 0 Å². The summed E-state index contributed by atoms with van der Waals surface area (Å²) >= 11 is 0. The van der Waals surface area contributed by atoms with Crippen molar-refractivity contribution >= 4 is 5.69 Å². The molecule has 1 heterocycles. The number of aromatic nitrogens is 2. The standard InChI is InChI=1S/C15H21N3O2/c1-3-12(4-2)18-9-8-11(17-18)10-20-14-7-5-6-13(19)15(14)16/h5-9,12,19H,3-4,10,16H2,1-2H3. The molecule has 0 fully saturated rings. The lowest BCUT2D eigenvalue weighted by atomic mass is 10.2. The van der Waals surface area contributed by atoms with Crippen LogP contribution in [0.4, 0.5) is 5.69 Å². The molecule has 0 spiro atoms. The molecule has 0 atom stereocenters. The summed E-state index contributed by atoms with van der Waals surface area (Å²) in [5.74, 6) is 0.507. The lowest BCUT2D eigenvalue weighted by Crippen LogP contribution is -2.08. The van der Waals surface area contributed by atoms with Crippen molar-refractivity contribution < 1.29 is 9.84 Å². The molecule has 1 aromatic carbocycles. The second kappa shape index (κ2) is 6.32. The SMILES string of the molecule is CCC(CC)n1ccc(COc2cccc(O)c2N)n1. The van der Waals surface area contributed by atoms with Gasteiger partial charge in [-0.3, -0.25) is 4.68 Å². The third-order valence-electron chi connectivity index (χ3n) is 3.40. The third kappa shape index (κ3) is 3.04. The van der Waals surface area contributed by atoms with Crippen LogP contribution in [0.3, 0.4) is 0 Å². The molecule has 0 aliphatic carbocycles. The molecule has 2 rings (SSSR count). The molecule has 108 valence electrons. The number of benzene rings is 1. The number of phenolic OH excluding ortho intramolecular Hbond substituents is 1. The number of aromatic hydroxyl groups is 1. The van der Waals surface area contributed by atoms with Gasteiger partial charge >= 0.3 is 0 Å². The van der Waals surface area contributed by atoms with Crippen LogP contribution < -0.4 is 10.5 Å². The average molecular weight is 275 g/mol. The number of rotatable bonds is 6. The van der Waals surface area contributed by atoms with Gasteiger partial charge in [0.1, 0.15) is 23.8 Å². The van der Waals surface area contributed by atoms with Crippen LogP contribution in [0.2, 0.25) is 0 Å². The zero-order valence-corrected chi connectivity index (χ0v) is 11.9. The number of nitrogens with zero attached hydrogens (tertiary/aromatic N) is 2. The number of nitrogen functional groups attached to an aromatic ring is 1. The molecular weight excluding hydrogens is 254 g/mol. The molecule has 0 amide bonds. The first-order chi connectivity index (χ1) is 9.65. The highest BCUT2D eigenvalue weighted by molar-refractivity contribution is 5.61. The van der Waals surface area contributed by atoms with Crippen LogP contribution in [-0.2, 0) is 6.61 Å². The second-order valence-corrected chi connectivity index (χ2v) is 4.74. The number of anilines is 1. The molecule has 20 heavy (non-hydrogen) atoms. The van der Waals surface area contributed by atoms with E-state index < -0.39 is 0 Å². The van der Waals surface area contributed by atoms with Gasteiger partial charge in [0.05, 0.1) is 11.7 Å². The predicted molar refractivity (Wildman–Crippen MR) is 78.7 cm³/mol. The van der Waals surface area contributed by atoms with Crippen molar-refractivity contribution in [2.45, 2.75) is 39.3 Å². The van der Waals surface area contributed by atoms with Crippen LogP contribution in [0.5, 0.6) is 11.5 Å². The Bertz CT molecular complexity index is 562. The summed E-state index contributed by atoms with van der Waals surface area (Å²) in [5.41, 5.74) is 6.85. The molecular formula is C15H21N3O2. The molecule has 0 saturated heterocycles. The molecule has 5 heteroatoms. The van der Waals surface area contributed by atoms with E-state index in [9.17, 15) is 5.11 Å². The van der Waals surface area contributed by atoms with Crippen LogP contribution in [0.1, 0.15) is 38.4 Å². The molecule has 0 saturated carbocycles. The number of phenols is 1. The topological polar surface area (TPSA) is 73.3 Å². The van der Waals surface area contributed by atoms with Crippen LogP contribution >= 0.6 is 0 Å². The van der Waals surface area contributed by atoms with Crippen molar-refractivity contribution in [3.8, 4) is 11.5 Å². The summed E-state index contributed by atoms with van der Waals surface area (Å²) in [6.07, 6.45) is 4.08. The van der Waals surface area contributed by atoms with Gasteiger partial charge in [0.2, 0.25) is 0 Å². The fourth-order valence-electron chi connectivity index (χ4n) is 2.13. The van der Waals surface area contributed by atoms with Crippen LogP contribution in [0.25, 0.3) is 0 Å². The monoisotopic (exact) mass is 275 g/mol. The number of hydrogen-bond acceptors (Lipinski definition) is 4. The summed E-state index contributed by atoms with van der Waals surface area (Å²) < 4.78 is 7.58. The maximum atomic E-state index is 9.51. The lowest BCUT2D eigenvalue weighted by Gasteiger charge is -2.12. The van der Waals surface area contributed by atoms with E-state index in [1.165, 1.54) is 6.07 Å². The molecule has 2 aromatic rings. The van der Waals surface area contributed by atoms with Gasteiger partial charge in [0, 0.05) is 6.20 Å². The summed E-state index contributed by atoms with van der Waals surface area (Å²) in [5, 5.41) is 14.0. The Morgan fingerprint density at radius 1 is 1.30 bits per heavy atom. The maximum absolute atomic E-state index is 9.51. The van der Waals surface area contributed by atoms with Gasteiger partial charge in [-0.15, -0.1) is 0 Å². The summed E-state index contributed by atoms with van der Waals surface area (Å²) in [6, 6.07) is 7.33. The third-order valence-corrected chi connectivity index (χ3v) is 3.40. The smallest absolute Gasteiger partial charge is 0.146 e. The Balaban J connectivity index is 2.03. The van der Waals surface area contributed by atoms with Gasteiger partial charge in [-0.1, -0.05) is 19.9 Å². The van der Waals surface area contributed by atoms with Crippen molar-refractivity contribution in [2.75, 3.05) is 5.73 Å². The Morgan fingerprint density at radius 2 is 2.05 bits per heavy atom. The Morgan fingerprint density at radius 3 is 2.75 bits per heavy atom. The van der Waals surface area contributed by atoms with E-state index in [4.69, 9.17) is 10.5 Å². The van der Waals surface area contributed by atoms with Crippen molar-refractivity contribution in [3.63, 3.8) is 0 Å². The van der Waals surface area contributed by atoms with Gasteiger partial charge in [-0.05, 0) is 31.0 Å². The van der Waals surface area contributed by atoms with Gasteiger partial charge < -0.3 is 15.6 Å². The second-order valence-electron chi connectivity index (χ2n) is 4.74. The Hall–Kier alpha value is -2.17. The fraction of sp³-hybridized carbons (Fsp3) is 0.400. The number of ether oxygens (including phenoxy) is 1. The largest absolute Gasteiger partial charge is 0.506 e.